The monoisotopic (exact) mass is 156 g/mol. The van der Waals surface area contributed by atoms with E-state index in [9.17, 15) is 4.79 Å². The highest BCUT2D eigenvalue weighted by atomic mass is 16.4. The quantitative estimate of drug-likeness (QED) is 0.601. The van der Waals surface area contributed by atoms with Crippen LogP contribution in [-0.2, 0) is 4.79 Å². The molecule has 4 nitrogen and oxygen atoms in total. The van der Waals surface area contributed by atoms with Gasteiger partial charge in [0.05, 0.1) is 6.26 Å². The van der Waals surface area contributed by atoms with E-state index in [1.54, 1.807) is 12.1 Å². The molecule has 0 aromatic carbocycles. The molecule has 0 amide bonds. The molecule has 4 heteroatoms. The number of aliphatic carboxylic acids is 1. The van der Waals surface area contributed by atoms with Gasteiger partial charge in [0, 0.05) is 13.0 Å². The van der Waals surface area contributed by atoms with Gasteiger partial charge < -0.3 is 9.52 Å². The fraction of sp³-hybridized carbons (Fsp3) is 0.143. The molecule has 0 aliphatic heterocycles. The van der Waals surface area contributed by atoms with Crippen molar-refractivity contribution in [2.75, 3.05) is 0 Å². The van der Waals surface area contributed by atoms with Crippen LogP contribution >= 0.6 is 0 Å². The summed E-state index contributed by atoms with van der Waals surface area (Å²) in [7, 11) is 0. The van der Waals surface area contributed by atoms with Crippen LogP contribution in [0.25, 0.3) is 0 Å². The fourth-order valence-corrected chi connectivity index (χ4v) is 0.325. The molecule has 1 N–H and O–H groups in total. The Labute approximate surface area is 63.1 Å². The fourth-order valence-electron chi connectivity index (χ4n) is 0.325. The van der Waals surface area contributed by atoms with Gasteiger partial charge >= 0.3 is 5.63 Å². The predicted octanol–water partition coefficient (Wildman–Crippen LogP) is 0.731. The third kappa shape index (κ3) is 8.42. The Morgan fingerprint density at radius 3 is 2.27 bits per heavy atom. The van der Waals surface area contributed by atoms with Crippen LogP contribution in [0, 0.1) is 0 Å². The van der Waals surface area contributed by atoms with Crippen LogP contribution in [0.1, 0.15) is 6.92 Å². The van der Waals surface area contributed by atoms with Crippen molar-refractivity contribution in [2.45, 2.75) is 6.92 Å². The van der Waals surface area contributed by atoms with Crippen LogP contribution in [0.4, 0.5) is 0 Å². The summed E-state index contributed by atoms with van der Waals surface area (Å²) in [6.45, 7) is 1.08. The molecule has 0 aliphatic carbocycles. The molecule has 0 radical (unpaired) electrons. The van der Waals surface area contributed by atoms with Crippen LogP contribution in [0.15, 0.2) is 33.7 Å². The minimum Gasteiger partial charge on any atom is -0.481 e. The molecule has 11 heavy (non-hydrogen) atoms. The second-order valence-corrected chi connectivity index (χ2v) is 1.64. The van der Waals surface area contributed by atoms with Crippen LogP contribution < -0.4 is 5.63 Å². The number of carbonyl (C=O) groups is 1. The molecule has 1 rings (SSSR count). The standard InChI is InChI=1S/C5H4O2.C2H4O2/c6-5-3-1-2-4-7-5;1-2(3)4/h1-4H;1H3,(H,3,4). The van der Waals surface area contributed by atoms with Crippen LogP contribution in [0.3, 0.4) is 0 Å². The number of hydrogen-bond acceptors (Lipinski definition) is 3. The molecular weight excluding hydrogens is 148 g/mol. The lowest BCUT2D eigenvalue weighted by atomic mass is 10.5. The SMILES string of the molecule is CC(=O)O.O=c1cccco1. The minimum absolute atomic E-state index is 0.303. The smallest absolute Gasteiger partial charge is 0.335 e. The summed E-state index contributed by atoms with van der Waals surface area (Å²) in [4.78, 5) is 19.1. The lowest BCUT2D eigenvalue weighted by molar-refractivity contribution is -0.134. The topological polar surface area (TPSA) is 67.5 Å². The van der Waals surface area contributed by atoms with Crippen molar-refractivity contribution in [2.24, 2.45) is 0 Å². The molecule has 0 bridgehead atoms. The van der Waals surface area contributed by atoms with E-state index in [-0.39, 0.29) is 5.63 Å². The first-order valence-electron chi connectivity index (χ1n) is 2.86. The summed E-state index contributed by atoms with van der Waals surface area (Å²) < 4.78 is 4.37. The number of rotatable bonds is 0. The lowest BCUT2D eigenvalue weighted by Gasteiger charge is -1.72. The Balaban J connectivity index is 0.000000218. The lowest BCUT2D eigenvalue weighted by Crippen LogP contribution is -1.90. The number of hydrogen-bond donors (Lipinski definition) is 1. The van der Waals surface area contributed by atoms with E-state index in [0.717, 1.165) is 6.92 Å². The van der Waals surface area contributed by atoms with Crippen LogP contribution in [-0.4, -0.2) is 11.1 Å². The van der Waals surface area contributed by atoms with Crippen molar-refractivity contribution in [1.82, 2.24) is 0 Å². The second kappa shape index (κ2) is 5.22. The number of carboxylic acids is 1. The maximum absolute atomic E-state index is 10.1. The molecule has 60 valence electrons. The van der Waals surface area contributed by atoms with E-state index < -0.39 is 5.97 Å². The Hall–Kier alpha value is -1.58. The first-order chi connectivity index (χ1) is 5.13. The van der Waals surface area contributed by atoms with Crippen LogP contribution in [0.5, 0.6) is 0 Å². The number of carboxylic acid groups (broad SMARTS) is 1. The van der Waals surface area contributed by atoms with Gasteiger partial charge in [-0.2, -0.15) is 0 Å². The average molecular weight is 156 g/mol. The molecule has 1 aromatic heterocycles. The van der Waals surface area contributed by atoms with Crippen LogP contribution in [0.2, 0.25) is 0 Å². The van der Waals surface area contributed by atoms with Gasteiger partial charge in [0.2, 0.25) is 0 Å². The molecule has 0 fully saturated rings. The highest BCUT2D eigenvalue weighted by Gasteiger charge is 1.72. The Bertz CT molecular complexity index is 242. The molecule has 0 aliphatic rings. The summed E-state index contributed by atoms with van der Waals surface area (Å²) in [5.74, 6) is -0.833. The highest BCUT2D eigenvalue weighted by Crippen LogP contribution is 1.72. The van der Waals surface area contributed by atoms with E-state index in [1.165, 1.54) is 12.3 Å². The van der Waals surface area contributed by atoms with Gasteiger partial charge in [-0.3, -0.25) is 4.79 Å². The zero-order valence-electron chi connectivity index (χ0n) is 5.98. The molecule has 1 aromatic rings. The molecule has 1 heterocycles. The summed E-state index contributed by atoms with van der Waals surface area (Å²) >= 11 is 0. The third-order valence-corrected chi connectivity index (χ3v) is 0.606. The maximum atomic E-state index is 10.1. The average Bonchev–Trinajstić information content (AvgIpc) is 1.87. The van der Waals surface area contributed by atoms with E-state index >= 15 is 0 Å². The molecule has 0 atom stereocenters. The third-order valence-electron chi connectivity index (χ3n) is 0.606. The summed E-state index contributed by atoms with van der Waals surface area (Å²) in [6.07, 6.45) is 1.35. The van der Waals surface area contributed by atoms with Gasteiger partial charge in [-0.25, -0.2) is 4.79 Å². The van der Waals surface area contributed by atoms with E-state index in [1.807, 2.05) is 0 Å². The molecule has 0 saturated heterocycles. The highest BCUT2D eigenvalue weighted by molar-refractivity contribution is 5.62. The van der Waals surface area contributed by atoms with E-state index in [0.29, 0.717) is 0 Å². The second-order valence-electron chi connectivity index (χ2n) is 1.64. The van der Waals surface area contributed by atoms with Gasteiger partial charge in [-0.1, -0.05) is 6.07 Å². The first kappa shape index (κ1) is 9.42. The van der Waals surface area contributed by atoms with Gasteiger partial charge in [0.25, 0.3) is 5.97 Å². The van der Waals surface area contributed by atoms with Crippen molar-refractivity contribution < 1.29 is 14.3 Å². The van der Waals surface area contributed by atoms with Crippen molar-refractivity contribution in [3.8, 4) is 0 Å². The van der Waals surface area contributed by atoms with Crippen molar-refractivity contribution >= 4 is 5.97 Å². The van der Waals surface area contributed by atoms with Gasteiger partial charge in [0.15, 0.2) is 0 Å². The Morgan fingerprint density at radius 1 is 1.55 bits per heavy atom. The Kier molecular flexibility index (Phi) is 4.47. The van der Waals surface area contributed by atoms with Gasteiger partial charge in [-0.15, -0.1) is 0 Å². The largest absolute Gasteiger partial charge is 0.481 e. The van der Waals surface area contributed by atoms with Crippen molar-refractivity contribution in [3.05, 3.63) is 34.9 Å². The summed E-state index contributed by atoms with van der Waals surface area (Å²) in [5.41, 5.74) is -0.303. The van der Waals surface area contributed by atoms with Gasteiger partial charge in [0.1, 0.15) is 0 Å². The molecule has 0 spiro atoms. The molecule has 0 unspecified atom stereocenters. The van der Waals surface area contributed by atoms with Gasteiger partial charge in [-0.05, 0) is 6.07 Å². The first-order valence-corrected chi connectivity index (χ1v) is 2.86. The minimum atomic E-state index is -0.833. The van der Waals surface area contributed by atoms with E-state index in [4.69, 9.17) is 9.90 Å². The zero-order valence-corrected chi connectivity index (χ0v) is 5.98. The van der Waals surface area contributed by atoms with E-state index in [2.05, 4.69) is 4.42 Å². The zero-order chi connectivity index (χ0) is 8.69. The maximum Gasteiger partial charge on any atom is 0.335 e. The summed E-state index contributed by atoms with van der Waals surface area (Å²) in [6, 6.07) is 4.65. The summed E-state index contributed by atoms with van der Waals surface area (Å²) in [5, 5.41) is 7.42. The normalized spacial score (nSPS) is 7.73. The predicted molar refractivity (Wildman–Crippen MR) is 38.3 cm³/mol. The van der Waals surface area contributed by atoms with Crippen molar-refractivity contribution in [1.29, 1.82) is 0 Å². The van der Waals surface area contributed by atoms with Crippen molar-refractivity contribution in [3.63, 3.8) is 0 Å². The Morgan fingerprint density at radius 2 is 2.09 bits per heavy atom. The molecular formula is C7H8O4. The molecule has 0 saturated carbocycles.